The van der Waals surface area contributed by atoms with E-state index in [0.29, 0.717) is 23.9 Å². The monoisotopic (exact) mass is 399 g/mol. The predicted molar refractivity (Wildman–Crippen MR) is 101 cm³/mol. The average Bonchev–Trinajstić information content (AvgIpc) is 3.12. The van der Waals surface area contributed by atoms with Crippen molar-refractivity contribution in [1.29, 1.82) is 0 Å². The minimum atomic E-state index is -3.37. The van der Waals surface area contributed by atoms with Gasteiger partial charge in [-0.15, -0.1) is 0 Å². The smallest absolute Gasteiger partial charge is 0.268 e. The van der Waals surface area contributed by atoms with Crippen LogP contribution in [0.5, 0.6) is 0 Å². The van der Waals surface area contributed by atoms with E-state index >= 15 is 0 Å². The number of hydrogen-bond acceptors (Lipinski definition) is 4. The Morgan fingerprint density at radius 1 is 1.35 bits per heavy atom. The van der Waals surface area contributed by atoms with Gasteiger partial charge in [-0.1, -0.05) is 17.7 Å². The number of carbonyl (C=O) groups is 1. The van der Waals surface area contributed by atoms with E-state index in [1.165, 1.54) is 18.4 Å². The summed E-state index contributed by atoms with van der Waals surface area (Å²) in [7, 11) is 1.43. The molecule has 2 heterocycles. The molecule has 0 saturated carbocycles. The first kappa shape index (κ1) is 19.2. The SMILES string of the molecule is CN(C)S(=O)(=O)C[C@@H]1COC[C@H]1NC(=O)c1cc2ccc(Cl)cc2n1C. The number of amides is 1. The number of benzene rings is 1. The Morgan fingerprint density at radius 2 is 2.08 bits per heavy atom. The lowest BCUT2D eigenvalue weighted by molar-refractivity contribution is 0.0918. The lowest BCUT2D eigenvalue weighted by Crippen LogP contribution is -2.44. The van der Waals surface area contributed by atoms with Gasteiger partial charge in [0.1, 0.15) is 5.69 Å². The number of ether oxygens (including phenoxy) is 1. The van der Waals surface area contributed by atoms with E-state index in [4.69, 9.17) is 16.3 Å². The first-order chi connectivity index (χ1) is 12.2. The first-order valence-corrected chi connectivity index (χ1v) is 10.2. The molecule has 0 aliphatic carbocycles. The highest BCUT2D eigenvalue weighted by atomic mass is 35.5. The Morgan fingerprint density at radius 3 is 2.77 bits per heavy atom. The van der Waals surface area contributed by atoms with Crippen molar-refractivity contribution in [2.24, 2.45) is 13.0 Å². The van der Waals surface area contributed by atoms with Crippen molar-refractivity contribution in [2.75, 3.05) is 33.1 Å². The molecule has 0 radical (unpaired) electrons. The average molecular weight is 400 g/mol. The molecule has 0 spiro atoms. The van der Waals surface area contributed by atoms with Crippen LogP contribution in [-0.2, 0) is 21.8 Å². The number of nitrogens with one attached hydrogen (secondary N) is 1. The fourth-order valence-electron chi connectivity index (χ4n) is 3.11. The summed E-state index contributed by atoms with van der Waals surface area (Å²) in [6, 6.07) is 6.89. The molecule has 1 amide bonds. The third-order valence-corrected chi connectivity index (χ3v) is 6.93. The Labute approximate surface area is 157 Å². The van der Waals surface area contributed by atoms with Gasteiger partial charge >= 0.3 is 0 Å². The van der Waals surface area contributed by atoms with Crippen LogP contribution in [0, 0.1) is 5.92 Å². The van der Waals surface area contributed by atoms with Crippen LogP contribution in [0.3, 0.4) is 0 Å². The van der Waals surface area contributed by atoms with Crippen molar-refractivity contribution in [3.05, 3.63) is 35.0 Å². The molecular formula is C17H22ClN3O4S. The first-order valence-electron chi connectivity index (χ1n) is 8.23. The minimum Gasteiger partial charge on any atom is -0.379 e. The minimum absolute atomic E-state index is 0.0599. The van der Waals surface area contributed by atoms with Gasteiger partial charge in [0.15, 0.2) is 0 Å². The molecule has 1 fully saturated rings. The summed E-state index contributed by atoms with van der Waals surface area (Å²) < 4.78 is 32.6. The largest absolute Gasteiger partial charge is 0.379 e. The number of nitrogens with zero attached hydrogens (tertiary/aromatic N) is 2. The summed E-state index contributed by atoms with van der Waals surface area (Å²) >= 11 is 6.03. The van der Waals surface area contributed by atoms with E-state index in [1.807, 2.05) is 6.07 Å². The van der Waals surface area contributed by atoms with Crippen molar-refractivity contribution in [1.82, 2.24) is 14.2 Å². The fraction of sp³-hybridized carbons (Fsp3) is 0.471. The molecule has 1 N–H and O–H groups in total. The third-order valence-electron chi connectivity index (χ3n) is 4.74. The molecule has 2 aromatic rings. The van der Waals surface area contributed by atoms with Crippen LogP contribution >= 0.6 is 11.6 Å². The molecule has 1 aliphatic heterocycles. The molecule has 1 aromatic carbocycles. The van der Waals surface area contributed by atoms with E-state index in [0.717, 1.165) is 10.9 Å². The predicted octanol–water partition coefficient (Wildman–Crippen LogP) is 1.47. The number of fused-ring (bicyclic) bond motifs is 1. The highest BCUT2D eigenvalue weighted by Crippen LogP contribution is 2.23. The van der Waals surface area contributed by atoms with Crippen LogP contribution in [0.1, 0.15) is 10.5 Å². The maximum Gasteiger partial charge on any atom is 0.268 e. The summed E-state index contributed by atoms with van der Waals surface area (Å²) in [5.74, 6) is -0.603. The van der Waals surface area contributed by atoms with Crippen LogP contribution < -0.4 is 5.32 Å². The number of aryl methyl sites for hydroxylation is 1. The van der Waals surface area contributed by atoms with Gasteiger partial charge in [0.25, 0.3) is 5.91 Å². The number of sulfonamides is 1. The number of carbonyl (C=O) groups excluding carboxylic acids is 1. The maximum atomic E-state index is 12.7. The molecule has 9 heteroatoms. The van der Waals surface area contributed by atoms with E-state index in [1.54, 1.807) is 29.8 Å². The van der Waals surface area contributed by atoms with E-state index in [2.05, 4.69) is 5.32 Å². The third kappa shape index (κ3) is 3.73. The lowest BCUT2D eigenvalue weighted by atomic mass is 10.1. The van der Waals surface area contributed by atoms with Gasteiger partial charge in [-0.3, -0.25) is 4.79 Å². The molecule has 26 heavy (non-hydrogen) atoms. The van der Waals surface area contributed by atoms with Crippen LogP contribution in [0.15, 0.2) is 24.3 Å². The van der Waals surface area contributed by atoms with Gasteiger partial charge in [0.2, 0.25) is 10.0 Å². The Balaban J connectivity index is 1.78. The van der Waals surface area contributed by atoms with Gasteiger partial charge in [-0.2, -0.15) is 0 Å². The summed E-state index contributed by atoms with van der Waals surface area (Å²) in [6.07, 6.45) is 0. The normalized spacial score (nSPS) is 20.8. The molecule has 2 atom stereocenters. The zero-order valence-corrected chi connectivity index (χ0v) is 16.5. The summed E-state index contributed by atoms with van der Waals surface area (Å²) in [4.78, 5) is 12.7. The second-order valence-corrected chi connectivity index (χ2v) is 9.39. The molecule has 3 rings (SSSR count). The summed E-state index contributed by atoms with van der Waals surface area (Å²) in [5, 5.41) is 4.44. The number of aromatic nitrogens is 1. The summed E-state index contributed by atoms with van der Waals surface area (Å²) in [6.45, 7) is 0.609. The second kappa shape index (κ2) is 7.19. The molecule has 1 aliphatic rings. The zero-order valence-electron chi connectivity index (χ0n) is 14.9. The number of halogens is 1. The van der Waals surface area contributed by atoms with Crippen LogP contribution in [0.4, 0.5) is 0 Å². The van der Waals surface area contributed by atoms with Crippen LogP contribution in [-0.4, -0.2) is 62.3 Å². The van der Waals surface area contributed by atoms with Crippen molar-refractivity contribution in [3.8, 4) is 0 Å². The van der Waals surface area contributed by atoms with Crippen molar-refractivity contribution < 1.29 is 17.9 Å². The molecule has 7 nitrogen and oxygen atoms in total. The van der Waals surface area contributed by atoms with Crippen molar-refractivity contribution in [2.45, 2.75) is 6.04 Å². The van der Waals surface area contributed by atoms with E-state index in [-0.39, 0.29) is 23.6 Å². The number of rotatable bonds is 5. The Kier molecular flexibility index (Phi) is 5.30. The van der Waals surface area contributed by atoms with E-state index < -0.39 is 10.0 Å². The van der Waals surface area contributed by atoms with Gasteiger partial charge in [-0.25, -0.2) is 12.7 Å². The molecular weight excluding hydrogens is 378 g/mol. The molecule has 1 saturated heterocycles. The fourth-order valence-corrected chi connectivity index (χ4v) is 4.44. The molecule has 142 valence electrons. The maximum absolute atomic E-state index is 12.7. The summed E-state index contributed by atoms with van der Waals surface area (Å²) in [5.41, 5.74) is 1.35. The molecule has 0 unspecified atom stereocenters. The van der Waals surface area contributed by atoms with Gasteiger partial charge in [0.05, 0.1) is 25.0 Å². The Hall–Kier alpha value is -1.61. The van der Waals surface area contributed by atoms with Gasteiger partial charge in [-0.05, 0) is 18.2 Å². The highest BCUT2D eigenvalue weighted by Gasteiger charge is 2.34. The van der Waals surface area contributed by atoms with Crippen molar-refractivity contribution >= 4 is 38.4 Å². The quantitative estimate of drug-likeness (QED) is 0.825. The highest BCUT2D eigenvalue weighted by molar-refractivity contribution is 7.89. The molecule has 1 aromatic heterocycles. The van der Waals surface area contributed by atoms with Crippen LogP contribution in [0.25, 0.3) is 10.9 Å². The molecule has 0 bridgehead atoms. The van der Waals surface area contributed by atoms with Gasteiger partial charge in [0, 0.05) is 43.0 Å². The lowest BCUT2D eigenvalue weighted by Gasteiger charge is -2.21. The van der Waals surface area contributed by atoms with Crippen molar-refractivity contribution in [3.63, 3.8) is 0 Å². The van der Waals surface area contributed by atoms with Gasteiger partial charge < -0.3 is 14.6 Å². The second-order valence-electron chi connectivity index (χ2n) is 6.73. The standard InChI is InChI=1S/C17H22ClN3O4S/c1-20(2)26(23,24)10-12-8-25-9-14(12)19-17(22)16-6-11-4-5-13(18)7-15(11)21(16)3/h4-7,12,14H,8-10H2,1-3H3,(H,19,22)/t12-,14+/m0/s1. The zero-order chi connectivity index (χ0) is 19.1. The van der Waals surface area contributed by atoms with E-state index in [9.17, 15) is 13.2 Å². The topological polar surface area (TPSA) is 80.6 Å². The Bertz CT molecular complexity index is 939. The van der Waals surface area contributed by atoms with Crippen LogP contribution in [0.2, 0.25) is 5.02 Å². The number of hydrogen-bond donors (Lipinski definition) is 1.